The molecule has 0 bridgehead atoms. The Morgan fingerprint density at radius 2 is 1.95 bits per heavy atom. The Morgan fingerprint density at radius 1 is 1.24 bits per heavy atom. The van der Waals surface area contributed by atoms with Crippen molar-refractivity contribution in [1.29, 1.82) is 0 Å². The zero-order valence-corrected chi connectivity index (χ0v) is 12.9. The van der Waals surface area contributed by atoms with E-state index in [1.807, 2.05) is 0 Å². The molecule has 0 spiro atoms. The van der Waals surface area contributed by atoms with Gasteiger partial charge in [0.25, 0.3) is 0 Å². The Morgan fingerprint density at radius 3 is 2.62 bits per heavy atom. The topological polar surface area (TPSA) is 55.2 Å². The second kappa shape index (κ2) is 9.45. The summed E-state index contributed by atoms with van der Waals surface area (Å²) in [5.41, 5.74) is -0.105. The Bertz CT molecular complexity index is 450. The van der Waals surface area contributed by atoms with Gasteiger partial charge in [-0.1, -0.05) is 51.7 Å². The largest absolute Gasteiger partial charge is 0.313 e. The number of rotatable bonds is 10. The number of nitro groups is 1. The normalized spacial score (nSPS) is 11.0. The van der Waals surface area contributed by atoms with Crippen LogP contribution >= 0.6 is 0 Å². The Hall–Kier alpha value is -1.49. The third-order valence-corrected chi connectivity index (χ3v) is 3.46. The van der Waals surface area contributed by atoms with Gasteiger partial charge in [0, 0.05) is 18.2 Å². The van der Waals surface area contributed by atoms with Crippen molar-refractivity contribution in [3.8, 4) is 0 Å². The molecule has 0 heterocycles. The quantitative estimate of drug-likeness (QED) is 0.395. The van der Waals surface area contributed by atoms with Crippen LogP contribution in [-0.4, -0.2) is 11.5 Å². The van der Waals surface area contributed by atoms with Gasteiger partial charge in [-0.3, -0.25) is 10.1 Å². The smallest absolute Gasteiger partial charge is 0.305 e. The third-order valence-electron chi connectivity index (χ3n) is 3.46. The van der Waals surface area contributed by atoms with Crippen LogP contribution in [0.2, 0.25) is 0 Å². The molecule has 21 heavy (non-hydrogen) atoms. The molecule has 0 aliphatic heterocycles. The fourth-order valence-corrected chi connectivity index (χ4v) is 2.22. The highest BCUT2D eigenvalue weighted by atomic mass is 19.1. The molecule has 4 nitrogen and oxygen atoms in total. The van der Waals surface area contributed by atoms with Crippen molar-refractivity contribution >= 4 is 5.69 Å². The predicted octanol–water partition coefficient (Wildman–Crippen LogP) is 4.43. The highest BCUT2D eigenvalue weighted by Gasteiger charge is 2.16. The maximum atomic E-state index is 13.8. The van der Waals surface area contributed by atoms with Crippen LogP contribution in [0.5, 0.6) is 0 Å². The van der Waals surface area contributed by atoms with E-state index in [0.717, 1.165) is 25.3 Å². The fraction of sp³-hybridized carbons (Fsp3) is 0.625. The lowest BCUT2D eigenvalue weighted by molar-refractivity contribution is -0.387. The molecule has 0 aliphatic rings. The van der Waals surface area contributed by atoms with Crippen molar-refractivity contribution in [1.82, 2.24) is 5.32 Å². The maximum Gasteiger partial charge on any atom is 0.305 e. The first kappa shape index (κ1) is 17.6. The van der Waals surface area contributed by atoms with Gasteiger partial charge in [-0.2, -0.15) is 4.39 Å². The minimum Gasteiger partial charge on any atom is -0.313 e. The molecule has 0 radical (unpaired) electrons. The van der Waals surface area contributed by atoms with Crippen molar-refractivity contribution < 1.29 is 9.31 Å². The van der Waals surface area contributed by atoms with Crippen molar-refractivity contribution in [2.45, 2.75) is 52.5 Å². The maximum absolute atomic E-state index is 13.8. The highest BCUT2D eigenvalue weighted by molar-refractivity contribution is 5.36. The molecule has 1 aromatic rings. The first-order valence-electron chi connectivity index (χ1n) is 7.65. The summed E-state index contributed by atoms with van der Waals surface area (Å²) in [6, 6.07) is 4.29. The molecule has 1 N–H and O–H groups in total. The average molecular weight is 296 g/mol. The number of nitro benzene ring substituents is 1. The molecule has 0 amide bonds. The Kier molecular flexibility index (Phi) is 7.90. The number of hydrogen-bond acceptors (Lipinski definition) is 3. The van der Waals surface area contributed by atoms with E-state index in [4.69, 9.17) is 0 Å². The van der Waals surface area contributed by atoms with E-state index in [2.05, 4.69) is 19.2 Å². The molecule has 5 heteroatoms. The zero-order chi connectivity index (χ0) is 15.7. The first-order valence-corrected chi connectivity index (χ1v) is 7.65. The second-order valence-electron chi connectivity index (χ2n) is 5.78. The standard InChI is InChI=1S/C16H25FN2O2/c1-13(2)8-5-3-4-6-11-18-12-14-9-7-10-15(16(14)17)19(20)21/h7,9-10,13,18H,3-6,8,11-12H2,1-2H3. The number of halogens is 1. The number of benzene rings is 1. The lowest BCUT2D eigenvalue weighted by Gasteiger charge is -2.07. The second-order valence-corrected chi connectivity index (χ2v) is 5.78. The summed E-state index contributed by atoms with van der Waals surface area (Å²) in [4.78, 5) is 9.96. The molecule has 0 saturated carbocycles. The molecule has 0 atom stereocenters. The molecule has 118 valence electrons. The lowest BCUT2D eigenvalue weighted by atomic mass is 10.0. The molecule has 1 aromatic carbocycles. The number of unbranched alkanes of at least 4 members (excludes halogenated alkanes) is 3. The fourth-order valence-electron chi connectivity index (χ4n) is 2.22. The van der Waals surface area contributed by atoms with Crippen LogP contribution in [0.3, 0.4) is 0 Å². The van der Waals surface area contributed by atoms with E-state index in [9.17, 15) is 14.5 Å². The van der Waals surface area contributed by atoms with Gasteiger partial charge in [-0.25, -0.2) is 0 Å². The van der Waals surface area contributed by atoms with Crippen LogP contribution in [0, 0.1) is 21.8 Å². The van der Waals surface area contributed by atoms with Crippen LogP contribution in [0.1, 0.15) is 51.5 Å². The third kappa shape index (κ3) is 6.67. The summed E-state index contributed by atoms with van der Waals surface area (Å²) in [5.74, 6) is 0.0342. The van der Waals surface area contributed by atoms with Crippen molar-refractivity contribution in [3.05, 3.63) is 39.7 Å². The van der Waals surface area contributed by atoms with E-state index in [1.165, 1.54) is 31.4 Å². The molecular weight excluding hydrogens is 271 g/mol. The van der Waals surface area contributed by atoms with Crippen LogP contribution in [-0.2, 0) is 6.54 Å². The van der Waals surface area contributed by atoms with Gasteiger partial charge < -0.3 is 5.32 Å². The monoisotopic (exact) mass is 296 g/mol. The average Bonchev–Trinajstić information content (AvgIpc) is 2.42. The minimum absolute atomic E-state index is 0.333. The van der Waals surface area contributed by atoms with E-state index >= 15 is 0 Å². The summed E-state index contributed by atoms with van der Waals surface area (Å²) in [6.45, 7) is 5.60. The van der Waals surface area contributed by atoms with Gasteiger partial charge in [0.15, 0.2) is 0 Å². The SMILES string of the molecule is CC(C)CCCCCCNCc1cccc([N+](=O)[O-])c1F. The van der Waals surface area contributed by atoms with Crippen LogP contribution < -0.4 is 5.32 Å². The van der Waals surface area contributed by atoms with Crippen LogP contribution in [0.4, 0.5) is 10.1 Å². The molecule has 0 fully saturated rings. The van der Waals surface area contributed by atoms with Gasteiger partial charge in [0.2, 0.25) is 5.82 Å². The molecule has 1 rings (SSSR count). The van der Waals surface area contributed by atoms with E-state index in [1.54, 1.807) is 6.07 Å². The highest BCUT2D eigenvalue weighted by Crippen LogP contribution is 2.19. The van der Waals surface area contributed by atoms with Crippen molar-refractivity contribution in [3.63, 3.8) is 0 Å². The van der Waals surface area contributed by atoms with E-state index < -0.39 is 16.4 Å². The van der Waals surface area contributed by atoms with Gasteiger partial charge in [-0.15, -0.1) is 0 Å². The Labute approximate surface area is 125 Å². The number of nitrogens with one attached hydrogen (secondary N) is 1. The van der Waals surface area contributed by atoms with Crippen molar-refractivity contribution in [2.24, 2.45) is 5.92 Å². The van der Waals surface area contributed by atoms with Gasteiger partial charge >= 0.3 is 5.69 Å². The molecule has 0 aromatic heterocycles. The molecule has 0 saturated heterocycles. The minimum atomic E-state index is -0.730. The summed E-state index contributed by atoms with van der Waals surface area (Å²) in [7, 11) is 0. The van der Waals surface area contributed by atoms with Gasteiger partial charge in [-0.05, 0) is 18.9 Å². The molecular formula is C16H25FN2O2. The molecule has 0 aliphatic carbocycles. The van der Waals surface area contributed by atoms with E-state index in [0.29, 0.717) is 12.1 Å². The van der Waals surface area contributed by atoms with Gasteiger partial charge in [0.05, 0.1) is 4.92 Å². The van der Waals surface area contributed by atoms with Crippen LogP contribution in [0.15, 0.2) is 18.2 Å². The zero-order valence-electron chi connectivity index (χ0n) is 12.9. The molecule has 0 unspecified atom stereocenters. The predicted molar refractivity (Wildman–Crippen MR) is 82.7 cm³/mol. The Balaban J connectivity index is 2.21. The van der Waals surface area contributed by atoms with Gasteiger partial charge in [0.1, 0.15) is 0 Å². The summed E-state index contributed by atoms with van der Waals surface area (Å²) in [5, 5.41) is 13.8. The summed E-state index contributed by atoms with van der Waals surface area (Å²) < 4.78 is 13.8. The summed E-state index contributed by atoms with van der Waals surface area (Å²) >= 11 is 0. The van der Waals surface area contributed by atoms with E-state index in [-0.39, 0.29) is 0 Å². The number of hydrogen-bond donors (Lipinski definition) is 1. The first-order chi connectivity index (χ1) is 10.0. The van der Waals surface area contributed by atoms with Crippen molar-refractivity contribution in [2.75, 3.05) is 6.54 Å². The van der Waals surface area contributed by atoms with Crippen LogP contribution in [0.25, 0.3) is 0 Å². The lowest BCUT2D eigenvalue weighted by Crippen LogP contribution is -2.16. The summed E-state index contributed by atoms with van der Waals surface area (Å²) in [6.07, 6.45) is 5.97. The number of nitrogens with zero attached hydrogens (tertiary/aromatic N) is 1.